The van der Waals surface area contributed by atoms with Crippen LogP contribution < -0.4 is 16.4 Å². The number of aromatic nitrogens is 1. The van der Waals surface area contributed by atoms with Gasteiger partial charge >= 0.3 is 0 Å². The number of nitrogens with two attached hydrogens (primary N) is 1. The molecule has 0 radical (unpaired) electrons. The Morgan fingerprint density at radius 2 is 1.53 bits per heavy atom. The van der Waals surface area contributed by atoms with Crippen molar-refractivity contribution in [2.75, 3.05) is 16.8 Å². The van der Waals surface area contributed by atoms with Gasteiger partial charge in [-0.3, -0.25) is 9.59 Å². The molecule has 0 aliphatic carbocycles. The average Bonchev–Trinajstić information content (AvgIpc) is 3.20. The number of thioether (sulfide) groups is 1. The summed E-state index contributed by atoms with van der Waals surface area (Å²) in [6.45, 7) is 0.422. The van der Waals surface area contributed by atoms with E-state index >= 15 is 0 Å². The number of benzene rings is 4. The van der Waals surface area contributed by atoms with Crippen LogP contribution in [0.5, 0.6) is 0 Å². The number of aliphatic hydroxyl groups is 1. The lowest BCUT2D eigenvalue weighted by molar-refractivity contribution is -0.245. The maximum Gasteiger partial charge on any atom is 0.224 e. The van der Waals surface area contributed by atoms with Gasteiger partial charge in [0.25, 0.3) is 0 Å². The first-order valence-electron chi connectivity index (χ1n) is 18.1. The van der Waals surface area contributed by atoms with Crippen LogP contribution >= 0.6 is 11.8 Å². The van der Waals surface area contributed by atoms with Gasteiger partial charge in [-0.15, -0.1) is 11.8 Å². The molecule has 9 nitrogen and oxygen atoms in total. The highest BCUT2D eigenvalue weighted by Gasteiger charge is 2.32. The standard InChI is InChI=1S/C43H46N4O5S/c44-37-14-4-5-15-38(37)47-41(50)17-3-1-2-16-40(49)46-27-31-10-8-11-33(24-31)34-12-9-13-35(25-34)43-51-36(29-53-42-18-6-7-23-45-42)26-39(52-43)32-21-19-30(28-48)20-22-32/h4-15,18-25,36,39,43,48H,1-3,16-17,26-29,44H2,(H,46,49)(H,47,50). The molecule has 4 aromatic carbocycles. The zero-order chi connectivity index (χ0) is 36.8. The lowest BCUT2D eigenvalue weighted by Crippen LogP contribution is -2.31. The quantitative estimate of drug-likeness (QED) is 0.0452. The van der Waals surface area contributed by atoms with Gasteiger partial charge in [-0.2, -0.15) is 0 Å². The Balaban J connectivity index is 1.02. The third-order valence-electron chi connectivity index (χ3n) is 9.12. The van der Waals surface area contributed by atoms with Crippen molar-refractivity contribution in [1.29, 1.82) is 0 Å². The van der Waals surface area contributed by atoms with E-state index in [2.05, 4.69) is 39.9 Å². The molecule has 2 amide bonds. The number of carbonyl (C=O) groups is 2. The van der Waals surface area contributed by atoms with Crippen molar-refractivity contribution in [1.82, 2.24) is 10.3 Å². The number of nitrogen functional groups attached to an aromatic ring is 1. The summed E-state index contributed by atoms with van der Waals surface area (Å²) >= 11 is 1.67. The second kappa shape index (κ2) is 19.2. The fourth-order valence-corrected chi connectivity index (χ4v) is 7.10. The number of nitrogens with zero attached hydrogens (tertiary/aromatic N) is 1. The molecule has 3 atom stereocenters. The van der Waals surface area contributed by atoms with Crippen LogP contribution in [0, 0.1) is 0 Å². The zero-order valence-corrected chi connectivity index (χ0v) is 30.5. The van der Waals surface area contributed by atoms with Crippen molar-refractivity contribution >= 4 is 35.0 Å². The molecule has 2 heterocycles. The van der Waals surface area contributed by atoms with E-state index in [4.69, 9.17) is 15.2 Å². The van der Waals surface area contributed by atoms with E-state index in [0.717, 1.165) is 50.6 Å². The normalized spacial score (nSPS) is 16.9. The lowest BCUT2D eigenvalue weighted by Gasteiger charge is -2.36. The Morgan fingerprint density at radius 3 is 2.30 bits per heavy atom. The number of rotatable bonds is 16. The molecular formula is C43H46N4O5S. The number of carbonyl (C=O) groups excluding carboxylic acids is 2. The molecule has 5 aromatic rings. The topological polar surface area (TPSA) is 136 Å². The van der Waals surface area contributed by atoms with Gasteiger partial charge < -0.3 is 30.9 Å². The van der Waals surface area contributed by atoms with E-state index in [1.807, 2.05) is 78.9 Å². The molecule has 0 saturated carbocycles. The lowest BCUT2D eigenvalue weighted by atomic mass is 9.99. The minimum absolute atomic E-state index is 0.00317. The molecule has 0 bridgehead atoms. The number of amides is 2. The maximum absolute atomic E-state index is 12.6. The van der Waals surface area contributed by atoms with Gasteiger partial charge in [0.05, 0.1) is 35.2 Å². The molecule has 53 heavy (non-hydrogen) atoms. The molecule has 5 N–H and O–H groups in total. The van der Waals surface area contributed by atoms with Crippen LogP contribution in [0.4, 0.5) is 11.4 Å². The summed E-state index contributed by atoms with van der Waals surface area (Å²) < 4.78 is 13.2. The summed E-state index contributed by atoms with van der Waals surface area (Å²) in [5, 5.41) is 16.4. The maximum atomic E-state index is 12.6. The van der Waals surface area contributed by atoms with E-state index in [0.29, 0.717) is 50.0 Å². The number of unbranched alkanes of at least 4 members (excludes halogenated alkanes) is 2. The Kier molecular flexibility index (Phi) is 13.7. The molecule has 1 saturated heterocycles. The second-order valence-corrected chi connectivity index (χ2v) is 14.2. The highest BCUT2D eigenvalue weighted by atomic mass is 32.2. The molecule has 10 heteroatoms. The van der Waals surface area contributed by atoms with E-state index < -0.39 is 6.29 Å². The van der Waals surface area contributed by atoms with Gasteiger partial charge in [-0.1, -0.05) is 85.3 Å². The van der Waals surface area contributed by atoms with Gasteiger partial charge in [0.1, 0.15) is 0 Å². The molecule has 1 aliphatic heterocycles. The summed E-state index contributed by atoms with van der Waals surface area (Å²) in [6, 6.07) is 37.4. The minimum atomic E-state index is -0.569. The van der Waals surface area contributed by atoms with Crippen molar-refractivity contribution in [3.8, 4) is 11.1 Å². The largest absolute Gasteiger partial charge is 0.397 e. The number of ether oxygens (including phenoxy) is 2. The SMILES string of the molecule is Nc1ccccc1NC(=O)CCCCCC(=O)NCc1cccc(-c2cccc(C3OC(CSc4ccccn4)CC(c4ccc(CO)cc4)O3)c2)c1. The first-order valence-corrected chi connectivity index (χ1v) is 19.1. The summed E-state index contributed by atoms with van der Waals surface area (Å²) in [7, 11) is 0. The van der Waals surface area contributed by atoms with Gasteiger partial charge in [0.15, 0.2) is 6.29 Å². The van der Waals surface area contributed by atoms with E-state index in [-0.39, 0.29) is 30.6 Å². The van der Waals surface area contributed by atoms with Crippen LogP contribution in [0.1, 0.15) is 73.2 Å². The monoisotopic (exact) mass is 730 g/mol. The highest BCUT2D eigenvalue weighted by Crippen LogP contribution is 2.40. The molecule has 274 valence electrons. The summed E-state index contributed by atoms with van der Waals surface area (Å²) in [5.74, 6) is 0.643. The van der Waals surface area contributed by atoms with Crippen LogP contribution in [0.3, 0.4) is 0 Å². The fourth-order valence-electron chi connectivity index (χ4n) is 6.22. The van der Waals surface area contributed by atoms with E-state index in [1.165, 1.54) is 0 Å². The zero-order valence-electron chi connectivity index (χ0n) is 29.7. The fraction of sp³-hybridized carbons (Fsp3) is 0.279. The first-order chi connectivity index (χ1) is 25.9. The second-order valence-electron chi connectivity index (χ2n) is 13.1. The minimum Gasteiger partial charge on any atom is -0.397 e. The highest BCUT2D eigenvalue weighted by molar-refractivity contribution is 7.99. The smallest absolute Gasteiger partial charge is 0.224 e. The molecular weight excluding hydrogens is 685 g/mol. The van der Waals surface area contributed by atoms with Crippen LogP contribution in [-0.4, -0.2) is 33.8 Å². The Hall–Kier alpha value is -5.00. The van der Waals surface area contributed by atoms with Gasteiger partial charge in [-0.25, -0.2) is 4.98 Å². The third kappa shape index (κ3) is 11.2. The molecule has 1 aliphatic rings. The van der Waals surface area contributed by atoms with Crippen LogP contribution in [0.15, 0.2) is 126 Å². The number of hydrogen-bond donors (Lipinski definition) is 4. The average molecular weight is 731 g/mol. The van der Waals surface area contributed by atoms with Crippen LogP contribution in [-0.2, 0) is 32.2 Å². The number of anilines is 2. The predicted octanol–water partition coefficient (Wildman–Crippen LogP) is 8.37. The molecule has 6 rings (SSSR count). The first kappa shape index (κ1) is 37.7. The number of nitrogens with one attached hydrogen (secondary N) is 2. The van der Waals surface area contributed by atoms with Crippen molar-refractivity contribution in [2.45, 2.75) is 75.2 Å². The summed E-state index contributed by atoms with van der Waals surface area (Å²) in [6.07, 6.45) is 4.67. The molecule has 1 fully saturated rings. The number of aliphatic hydroxyl groups excluding tert-OH is 1. The van der Waals surface area contributed by atoms with Crippen molar-refractivity contribution in [3.63, 3.8) is 0 Å². The van der Waals surface area contributed by atoms with E-state index in [9.17, 15) is 14.7 Å². The van der Waals surface area contributed by atoms with Crippen molar-refractivity contribution in [2.24, 2.45) is 0 Å². The number of hydrogen-bond acceptors (Lipinski definition) is 8. The molecule has 0 spiro atoms. The Labute approximate surface area is 315 Å². The number of para-hydroxylation sites is 2. The van der Waals surface area contributed by atoms with Crippen LogP contribution in [0.25, 0.3) is 11.1 Å². The van der Waals surface area contributed by atoms with Crippen molar-refractivity contribution < 1.29 is 24.2 Å². The molecule has 3 unspecified atom stereocenters. The van der Waals surface area contributed by atoms with Gasteiger partial charge in [0, 0.05) is 43.3 Å². The summed E-state index contributed by atoms with van der Waals surface area (Å²) in [5.41, 5.74) is 12.9. The Bertz CT molecular complexity index is 1940. The predicted molar refractivity (Wildman–Crippen MR) is 210 cm³/mol. The van der Waals surface area contributed by atoms with E-state index in [1.54, 1.807) is 30.1 Å². The molecule has 1 aromatic heterocycles. The van der Waals surface area contributed by atoms with Crippen LogP contribution in [0.2, 0.25) is 0 Å². The van der Waals surface area contributed by atoms with Crippen molar-refractivity contribution in [3.05, 3.63) is 144 Å². The van der Waals surface area contributed by atoms with Gasteiger partial charge in [0.2, 0.25) is 11.8 Å². The van der Waals surface area contributed by atoms with Gasteiger partial charge in [-0.05, 0) is 77.1 Å². The third-order valence-corrected chi connectivity index (χ3v) is 10.2. The summed E-state index contributed by atoms with van der Waals surface area (Å²) in [4.78, 5) is 29.3. The Morgan fingerprint density at radius 1 is 0.774 bits per heavy atom. The number of pyridine rings is 1.